The van der Waals surface area contributed by atoms with E-state index in [1.54, 1.807) is 0 Å². The number of benzene rings is 3. The lowest BCUT2D eigenvalue weighted by atomic mass is 10.1. The van der Waals surface area contributed by atoms with Gasteiger partial charge in [0.25, 0.3) is 5.91 Å². The summed E-state index contributed by atoms with van der Waals surface area (Å²) >= 11 is 0. The van der Waals surface area contributed by atoms with Crippen molar-refractivity contribution in [1.82, 2.24) is 4.57 Å². The number of fused-ring (bicyclic) bond motifs is 1. The second-order valence-electron chi connectivity index (χ2n) is 8.44. The zero-order chi connectivity index (χ0) is 25.3. The summed E-state index contributed by atoms with van der Waals surface area (Å²) < 4.78 is 6.87. The second-order valence-corrected chi connectivity index (χ2v) is 8.44. The van der Waals surface area contributed by atoms with Gasteiger partial charge in [0.2, 0.25) is 11.8 Å². The molecule has 8 nitrogen and oxygen atoms in total. The number of hydrogen-bond acceptors (Lipinski definition) is 5. The van der Waals surface area contributed by atoms with Crippen LogP contribution in [0.1, 0.15) is 32.6 Å². The van der Waals surface area contributed by atoms with E-state index in [1.807, 2.05) is 64.1 Å². The van der Waals surface area contributed by atoms with Crippen molar-refractivity contribution in [2.45, 2.75) is 27.7 Å². The molecular weight excluding hydrogens is 446 g/mol. The molecule has 1 heterocycles. The van der Waals surface area contributed by atoms with Gasteiger partial charge in [0, 0.05) is 16.3 Å². The molecule has 0 aliphatic rings. The summed E-state index contributed by atoms with van der Waals surface area (Å²) in [4.78, 5) is 24.6. The van der Waals surface area contributed by atoms with Crippen LogP contribution in [0.25, 0.3) is 16.5 Å². The standard InChI is InChI=1S/C27H25N3O5/c1-15-8-9-16(2)22(12-15)30-26(33)20-11-10-19(13-21(20)27(30)34)25(32)29-28-23(31)14-35-24-17(3)6-5-7-18(24)4/h5-13,33-34H,14H2,1-4H3. The van der Waals surface area contributed by atoms with Gasteiger partial charge in [0.15, 0.2) is 6.61 Å². The molecule has 0 atom stereocenters. The van der Waals surface area contributed by atoms with Gasteiger partial charge in [-0.2, -0.15) is 0 Å². The zero-order valence-corrected chi connectivity index (χ0v) is 19.9. The normalized spacial score (nSPS) is 11.3. The maximum absolute atomic E-state index is 12.5. The van der Waals surface area contributed by atoms with Gasteiger partial charge in [-0.25, -0.2) is 0 Å². The third-order valence-corrected chi connectivity index (χ3v) is 5.78. The van der Waals surface area contributed by atoms with E-state index in [0.29, 0.717) is 16.8 Å². The smallest absolute Gasteiger partial charge is 0.302 e. The van der Waals surface area contributed by atoms with Crippen LogP contribution >= 0.6 is 0 Å². The molecule has 4 rings (SSSR count). The Morgan fingerprint density at radius 2 is 1.51 bits per heavy atom. The third-order valence-electron chi connectivity index (χ3n) is 5.78. The number of carbonyl (C=O) groups excluding carboxylic acids is 2. The minimum Gasteiger partial charge on any atom is -0.494 e. The molecule has 0 unspecified atom stereocenters. The highest BCUT2D eigenvalue weighted by Gasteiger charge is 2.20. The first-order valence-electron chi connectivity index (χ1n) is 11.0. The first kappa shape index (κ1) is 23.7. The third kappa shape index (κ3) is 4.63. The summed E-state index contributed by atoms with van der Waals surface area (Å²) in [5, 5.41) is 29.2. The summed E-state index contributed by atoms with van der Waals surface area (Å²) in [5.41, 5.74) is 4.32. The van der Waals surface area contributed by atoms with E-state index >= 15 is 0 Å². The molecule has 0 saturated heterocycles. The summed E-state index contributed by atoms with van der Waals surface area (Å²) in [6.07, 6.45) is 0. The van der Waals surface area contributed by atoms with Gasteiger partial charge in [0.1, 0.15) is 5.75 Å². The Hall–Kier alpha value is -4.46. The Bertz CT molecular complexity index is 1480. The zero-order valence-electron chi connectivity index (χ0n) is 19.9. The van der Waals surface area contributed by atoms with E-state index in [4.69, 9.17) is 4.74 Å². The number of aromatic hydroxyl groups is 2. The number of nitrogens with zero attached hydrogens (tertiary/aromatic N) is 3. The van der Waals surface area contributed by atoms with E-state index in [-0.39, 0.29) is 29.3 Å². The van der Waals surface area contributed by atoms with Crippen molar-refractivity contribution in [3.8, 4) is 23.2 Å². The summed E-state index contributed by atoms with van der Waals surface area (Å²) in [6, 6.07) is 15.7. The Kier molecular flexibility index (Phi) is 6.38. The molecule has 1 aromatic heterocycles. The lowest BCUT2D eigenvalue weighted by molar-refractivity contribution is -0.120. The van der Waals surface area contributed by atoms with Crippen LogP contribution in [0, 0.1) is 27.7 Å². The summed E-state index contributed by atoms with van der Waals surface area (Å²) in [7, 11) is 0. The molecule has 0 aliphatic carbocycles. The van der Waals surface area contributed by atoms with E-state index in [2.05, 4.69) is 10.2 Å². The van der Waals surface area contributed by atoms with Gasteiger partial charge in [-0.1, -0.05) is 30.3 Å². The number of aryl methyl sites for hydroxylation is 4. The molecule has 35 heavy (non-hydrogen) atoms. The van der Waals surface area contributed by atoms with Crippen molar-refractivity contribution in [3.05, 3.63) is 82.4 Å². The number of rotatable bonds is 5. The minimum atomic E-state index is -0.759. The Balaban J connectivity index is 1.55. The highest BCUT2D eigenvalue weighted by molar-refractivity contribution is 6.02. The van der Waals surface area contributed by atoms with Crippen LogP contribution in [0.4, 0.5) is 0 Å². The molecule has 0 bridgehead atoms. The molecular formula is C27H25N3O5. The van der Waals surface area contributed by atoms with Crippen LogP contribution in [-0.2, 0) is 4.79 Å². The first-order valence-corrected chi connectivity index (χ1v) is 11.0. The van der Waals surface area contributed by atoms with Crippen molar-refractivity contribution >= 4 is 22.6 Å². The first-order chi connectivity index (χ1) is 16.7. The molecule has 2 N–H and O–H groups in total. The monoisotopic (exact) mass is 471 g/mol. The fourth-order valence-electron chi connectivity index (χ4n) is 3.94. The van der Waals surface area contributed by atoms with Gasteiger partial charge < -0.3 is 14.9 Å². The van der Waals surface area contributed by atoms with E-state index < -0.39 is 11.8 Å². The predicted molar refractivity (Wildman–Crippen MR) is 132 cm³/mol. The lowest BCUT2D eigenvalue weighted by Crippen LogP contribution is -2.10. The number of ether oxygens (including phenoxy) is 1. The summed E-state index contributed by atoms with van der Waals surface area (Å²) in [6.45, 7) is 7.17. The molecule has 8 heteroatoms. The fraction of sp³-hybridized carbons (Fsp3) is 0.185. The SMILES string of the molecule is Cc1ccc(C)c(-n2c(O)c3ccc(C(=O)N=NC(=O)COc4c(C)cccc4C)cc3c2O)c1. The van der Waals surface area contributed by atoms with Crippen molar-refractivity contribution in [1.29, 1.82) is 0 Å². The average molecular weight is 472 g/mol. The Morgan fingerprint density at radius 1 is 0.829 bits per heavy atom. The van der Waals surface area contributed by atoms with Crippen molar-refractivity contribution in [2.75, 3.05) is 6.61 Å². The maximum Gasteiger partial charge on any atom is 0.302 e. The molecule has 0 spiro atoms. The van der Waals surface area contributed by atoms with E-state index in [0.717, 1.165) is 22.3 Å². The van der Waals surface area contributed by atoms with Crippen LogP contribution in [0.2, 0.25) is 0 Å². The molecule has 178 valence electrons. The van der Waals surface area contributed by atoms with E-state index in [9.17, 15) is 19.8 Å². The fourth-order valence-corrected chi connectivity index (χ4v) is 3.94. The lowest BCUT2D eigenvalue weighted by Gasteiger charge is -2.11. The van der Waals surface area contributed by atoms with E-state index in [1.165, 1.54) is 22.8 Å². The highest BCUT2D eigenvalue weighted by atomic mass is 16.5. The minimum absolute atomic E-state index is 0.109. The Labute approximate surface area is 202 Å². The maximum atomic E-state index is 12.5. The second kappa shape index (κ2) is 9.42. The highest BCUT2D eigenvalue weighted by Crippen LogP contribution is 2.40. The van der Waals surface area contributed by atoms with Gasteiger partial charge in [-0.05, 0) is 74.2 Å². The predicted octanol–water partition coefficient (Wildman–Crippen LogP) is 5.47. The largest absolute Gasteiger partial charge is 0.494 e. The van der Waals surface area contributed by atoms with Crippen LogP contribution < -0.4 is 4.74 Å². The molecule has 0 aliphatic heterocycles. The van der Waals surface area contributed by atoms with Crippen molar-refractivity contribution in [2.24, 2.45) is 10.2 Å². The topological polar surface area (TPSA) is 113 Å². The average Bonchev–Trinajstić information content (AvgIpc) is 3.08. The summed E-state index contributed by atoms with van der Waals surface area (Å²) in [5.74, 6) is -1.23. The number of hydrogen-bond donors (Lipinski definition) is 2. The number of carbonyl (C=O) groups is 2. The molecule has 3 aromatic carbocycles. The van der Waals surface area contributed by atoms with Gasteiger partial charge in [-0.15, -0.1) is 10.2 Å². The number of amides is 2. The number of para-hydroxylation sites is 1. The molecule has 0 fully saturated rings. The molecule has 0 radical (unpaired) electrons. The van der Waals surface area contributed by atoms with Crippen LogP contribution in [0.5, 0.6) is 17.5 Å². The Morgan fingerprint density at radius 3 is 2.23 bits per heavy atom. The van der Waals surface area contributed by atoms with Crippen molar-refractivity contribution < 1.29 is 24.5 Å². The van der Waals surface area contributed by atoms with Gasteiger partial charge >= 0.3 is 5.91 Å². The molecule has 2 amide bonds. The number of azo groups is 1. The van der Waals surface area contributed by atoms with Crippen LogP contribution in [0.15, 0.2) is 64.8 Å². The van der Waals surface area contributed by atoms with Gasteiger partial charge in [0.05, 0.1) is 5.69 Å². The van der Waals surface area contributed by atoms with Crippen LogP contribution in [0.3, 0.4) is 0 Å². The molecule has 4 aromatic rings. The molecule has 0 saturated carbocycles. The van der Waals surface area contributed by atoms with Gasteiger partial charge in [-0.3, -0.25) is 14.2 Å². The van der Waals surface area contributed by atoms with Crippen LogP contribution in [-0.4, -0.2) is 33.2 Å². The van der Waals surface area contributed by atoms with Crippen molar-refractivity contribution in [3.63, 3.8) is 0 Å². The number of aromatic nitrogens is 1. The quantitative estimate of drug-likeness (QED) is 0.375.